The Kier molecular flexibility index (Phi) is 6.86. The van der Waals surface area contributed by atoms with Crippen molar-refractivity contribution in [1.29, 1.82) is 0 Å². The number of piperidine rings is 1. The average Bonchev–Trinajstić information content (AvgIpc) is 3.35. The molecule has 1 fully saturated rings. The summed E-state index contributed by atoms with van der Waals surface area (Å²) in [5.74, 6) is 2.76. The molecule has 0 bridgehead atoms. The number of aromatic nitrogens is 2. The van der Waals surface area contributed by atoms with E-state index in [1.54, 1.807) is 0 Å². The van der Waals surface area contributed by atoms with Crippen LogP contribution in [0.2, 0.25) is 0 Å². The van der Waals surface area contributed by atoms with Gasteiger partial charge in [-0.05, 0) is 69.3 Å². The molecule has 7 heteroatoms. The van der Waals surface area contributed by atoms with Gasteiger partial charge in [-0.25, -0.2) is 0 Å². The summed E-state index contributed by atoms with van der Waals surface area (Å²) >= 11 is 0. The molecular weight excluding hydrogens is 440 g/mol. The Morgan fingerprint density at radius 2 is 1.66 bits per heavy atom. The van der Waals surface area contributed by atoms with E-state index in [2.05, 4.69) is 20.4 Å². The molecular formula is C28H28N4O3. The van der Waals surface area contributed by atoms with Crippen molar-refractivity contribution in [1.82, 2.24) is 15.0 Å². The molecule has 1 aromatic heterocycles. The highest BCUT2D eigenvalue weighted by Gasteiger charge is 2.26. The van der Waals surface area contributed by atoms with Crippen molar-refractivity contribution >= 4 is 11.6 Å². The summed E-state index contributed by atoms with van der Waals surface area (Å²) in [6.45, 7) is 4.26. The number of likely N-dealkylation sites (tertiary alicyclic amines) is 1. The predicted molar refractivity (Wildman–Crippen MR) is 134 cm³/mol. The minimum atomic E-state index is -0.0164. The van der Waals surface area contributed by atoms with Crippen LogP contribution in [0.4, 0.5) is 5.69 Å². The molecule has 1 N–H and O–H groups in total. The van der Waals surface area contributed by atoms with E-state index in [0.29, 0.717) is 18.3 Å². The maximum Gasteiger partial charge on any atom is 0.241 e. The van der Waals surface area contributed by atoms with E-state index in [-0.39, 0.29) is 11.8 Å². The summed E-state index contributed by atoms with van der Waals surface area (Å²) in [5, 5.41) is 7.15. The second-order valence-electron chi connectivity index (χ2n) is 8.86. The first kappa shape index (κ1) is 22.8. The second-order valence-corrected chi connectivity index (χ2v) is 8.86. The number of carbonyl (C=O) groups excluding carboxylic acids is 1. The van der Waals surface area contributed by atoms with Crippen molar-refractivity contribution in [2.75, 3.05) is 18.4 Å². The Labute approximate surface area is 204 Å². The third-order valence-corrected chi connectivity index (χ3v) is 6.20. The van der Waals surface area contributed by atoms with E-state index in [0.717, 1.165) is 48.7 Å². The zero-order valence-electron chi connectivity index (χ0n) is 19.7. The lowest BCUT2D eigenvalue weighted by Crippen LogP contribution is -2.37. The molecule has 4 aromatic rings. The number of amides is 1. The molecule has 3 aromatic carbocycles. The first-order valence-electron chi connectivity index (χ1n) is 11.9. The molecule has 1 amide bonds. The molecule has 0 spiro atoms. The van der Waals surface area contributed by atoms with Gasteiger partial charge in [-0.2, -0.15) is 4.98 Å². The van der Waals surface area contributed by atoms with Crippen LogP contribution in [0.5, 0.6) is 11.5 Å². The number of nitrogens with one attached hydrogen (secondary N) is 1. The molecule has 35 heavy (non-hydrogen) atoms. The Balaban J connectivity index is 1.09. The zero-order valence-corrected chi connectivity index (χ0v) is 19.7. The number of aryl methyl sites for hydroxylation is 1. The van der Waals surface area contributed by atoms with Gasteiger partial charge < -0.3 is 14.6 Å². The first-order chi connectivity index (χ1) is 17.1. The minimum absolute atomic E-state index is 0.0164. The molecule has 1 saturated heterocycles. The Bertz CT molecular complexity index is 1250. The number of carbonyl (C=O) groups is 1. The van der Waals surface area contributed by atoms with Crippen molar-refractivity contribution in [3.63, 3.8) is 0 Å². The Morgan fingerprint density at radius 1 is 0.971 bits per heavy atom. The molecule has 178 valence electrons. The maximum atomic E-state index is 12.8. The summed E-state index contributed by atoms with van der Waals surface area (Å²) < 4.78 is 11.3. The van der Waals surface area contributed by atoms with Crippen molar-refractivity contribution in [2.24, 2.45) is 5.92 Å². The summed E-state index contributed by atoms with van der Waals surface area (Å²) in [6, 6.07) is 25.1. The van der Waals surface area contributed by atoms with Gasteiger partial charge in [0.25, 0.3) is 0 Å². The van der Waals surface area contributed by atoms with Gasteiger partial charge in [0, 0.05) is 17.2 Å². The van der Waals surface area contributed by atoms with Gasteiger partial charge in [0.05, 0.1) is 6.54 Å². The van der Waals surface area contributed by atoms with Crippen LogP contribution in [0, 0.1) is 12.8 Å². The quantitative estimate of drug-likeness (QED) is 0.375. The van der Waals surface area contributed by atoms with Gasteiger partial charge >= 0.3 is 0 Å². The van der Waals surface area contributed by atoms with Crippen LogP contribution < -0.4 is 10.1 Å². The molecule has 0 aliphatic carbocycles. The van der Waals surface area contributed by atoms with Crippen LogP contribution in [-0.2, 0) is 11.3 Å². The topological polar surface area (TPSA) is 80.5 Å². The number of rotatable bonds is 7. The van der Waals surface area contributed by atoms with E-state index in [1.165, 1.54) is 5.56 Å². The number of ether oxygens (including phenoxy) is 1. The second kappa shape index (κ2) is 10.5. The summed E-state index contributed by atoms with van der Waals surface area (Å²) in [5.41, 5.74) is 2.91. The fraction of sp³-hybridized carbons (Fsp3) is 0.250. The average molecular weight is 469 g/mol. The van der Waals surface area contributed by atoms with Crippen LogP contribution in [-0.4, -0.2) is 34.0 Å². The predicted octanol–water partition coefficient (Wildman–Crippen LogP) is 5.69. The van der Waals surface area contributed by atoms with Crippen LogP contribution >= 0.6 is 0 Å². The number of para-hydroxylation sites is 1. The molecule has 1 aliphatic heterocycles. The smallest absolute Gasteiger partial charge is 0.241 e. The fourth-order valence-corrected chi connectivity index (χ4v) is 4.16. The largest absolute Gasteiger partial charge is 0.457 e. The van der Waals surface area contributed by atoms with Crippen molar-refractivity contribution in [3.8, 4) is 22.9 Å². The van der Waals surface area contributed by atoms with Gasteiger partial charge in [-0.15, -0.1) is 0 Å². The number of benzene rings is 3. The Morgan fingerprint density at radius 3 is 2.37 bits per heavy atom. The van der Waals surface area contributed by atoms with Crippen LogP contribution in [0.25, 0.3) is 11.4 Å². The third kappa shape index (κ3) is 5.94. The minimum Gasteiger partial charge on any atom is -0.457 e. The van der Waals surface area contributed by atoms with E-state index >= 15 is 0 Å². The SMILES string of the molecule is Cc1ccc(-c2noc(CN3CCC(C(=O)Nc4ccc(Oc5ccccc5)cc4)CC3)n2)cc1. The van der Waals surface area contributed by atoms with Crippen molar-refractivity contribution in [3.05, 3.63) is 90.3 Å². The van der Waals surface area contributed by atoms with Crippen molar-refractivity contribution < 1.29 is 14.1 Å². The summed E-state index contributed by atoms with van der Waals surface area (Å²) in [7, 11) is 0. The highest BCUT2D eigenvalue weighted by atomic mass is 16.5. The zero-order chi connectivity index (χ0) is 24.0. The maximum absolute atomic E-state index is 12.8. The lowest BCUT2D eigenvalue weighted by atomic mass is 9.96. The molecule has 2 heterocycles. The summed E-state index contributed by atoms with van der Waals surface area (Å²) in [4.78, 5) is 19.6. The lowest BCUT2D eigenvalue weighted by Gasteiger charge is -2.30. The van der Waals surface area contributed by atoms with Gasteiger partial charge in [-0.1, -0.05) is 53.2 Å². The monoisotopic (exact) mass is 468 g/mol. The van der Waals surface area contributed by atoms with Crippen molar-refractivity contribution in [2.45, 2.75) is 26.3 Å². The molecule has 5 rings (SSSR count). The molecule has 0 radical (unpaired) electrons. The molecule has 0 saturated carbocycles. The van der Waals surface area contributed by atoms with E-state index in [9.17, 15) is 4.79 Å². The highest BCUT2D eigenvalue weighted by Crippen LogP contribution is 2.25. The first-order valence-corrected chi connectivity index (χ1v) is 11.9. The fourth-order valence-electron chi connectivity index (χ4n) is 4.16. The Hall–Kier alpha value is -3.97. The van der Waals surface area contributed by atoms with Crippen LogP contribution in [0.15, 0.2) is 83.4 Å². The number of nitrogens with zero attached hydrogens (tertiary/aromatic N) is 3. The van der Waals surface area contributed by atoms with E-state index in [1.807, 2.05) is 85.8 Å². The number of anilines is 1. The van der Waals surface area contributed by atoms with Gasteiger partial charge in [-0.3, -0.25) is 9.69 Å². The standard InChI is InChI=1S/C28H28N4O3/c1-20-7-9-21(10-8-20)27-30-26(35-31-27)19-32-17-15-22(16-18-32)28(33)29-23-11-13-25(14-12-23)34-24-5-3-2-4-6-24/h2-14,22H,15-19H2,1H3,(H,29,33). The van der Waals surface area contributed by atoms with E-state index < -0.39 is 0 Å². The highest BCUT2D eigenvalue weighted by molar-refractivity contribution is 5.92. The normalized spacial score (nSPS) is 14.5. The van der Waals surface area contributed by atoms with Gasteiger partial charge in [0.15, 0.2) is 0 Å². The molecule has 1 aliphatic rings. The van der Waals surface area contributed by atoms with Gasteiger partial charge in [0.2, 0.25) is 17.6 Å². The summed E-state index contributed by atoms with van der Waals surface area (Å²) in [6.07, 6.45) is 1.58. The number of hydrogen-bond donors (Lipinski definition) is 1. The van der Waals surface area contributed by atoms with Crippen LogP contribution in [0.3, 0.4) is 0 Å². The lowest BCUT2D eigenvalue weighted by molar-refractivity contribution is -0.121. The molecule has 0 atom stereocenters. The third-order valence-electron chi connectivity index (χ3n) is 6.20. The molecule has 0 unspecified atom stereocenters. The van der Waals surface area contributed by atoms with Gasteiger partial charge in [0.1, 0.15) is 11.5 Å². The van der Waals surface area contributed by atoms with Crippen LogP contribution in [0.1, 0.15) is 24.3 Å². The molecule has 7 nitrogen and oxygen atoms in total. The van der Waals surface area contributed by atoms with E-state index in [4.69, 9.17) is 9.26 Å². The number of hydrogen-bond acceptors (Lipinski definition) is 6.